The summed E-state index contributed by atoms with van der Waals surface area (Å²) in [5, 5.41) is -0.448. The normalized spacial score (nSPS) is 14.6. The van der Waals surface area contributed by atoms with Crippen LogP contribution in [0.3, 0.4) is 0 Å². The summed E-state index contributed by atoms with van der Waals surface area (Å²) in [6, 6.07) is 2.48. The molecule has 0 saturated heterocycles. The number of aryl methyl sites for hydroxylation is 1. The summed E-state index contributed by atoms with van der Waals surface area (Å²) in [5.41, 5.74) is 0.615. The predicted octanol–water partition coefficient (Wildman–Crippen LogP) is 5.77. The van der Waals surface area contributed by atoms with Gasteiger partial charge in [0, 0.05) is 5.56 Å². The highest BCUT2D eigenvalue weighted by Gasteiger charge is 2.23. The standard InChI is InChI=1S/C15H21ClF2/c1-4-6-7-11(5-2)15(16)12-9-13(17)10(3)8-14(12)18/h8-9,11,15H,4-7H2,1-3H3. The van der Waals surface area contributed by atoms with Crippen LogP contribution in [0.15, 0.2) is 12.1 Å². The van der Waals surface area contributed by atoms with Gasteiger partial charge in [-0.15, -0.1) is 11.6 Å². The number of halogens is 3. The zero-order valence-electron chi connectivity index (χ0n) is 11.3. The molecule has 1 aromatic rings. The van der Waals surface area contributed by atoms with E-state index in [9.17, 15) is 8.78 Å². The molecule has 0 heterocycles. The lowest BCUT2D eigenvalue weighted by Gasteiger charge is -2.22. The summed E-state index contributed by atoms with van der Waals surface area (Å²) in [6.07, 6.45) is 3.99. The van der Waals surface area contributed by atoms with E-state index in [1.807, 2.05) is 6.92 Å². The van der Waals surface area contributed by atoms with Gasteiger partial charge in [-0.1, -0.05) is 33.1 Å². The van der Waals surface area contributed by atoms with Crippen LogP contribution in [-0.2, 0) is 0 Å². The molecule has 0 nitrogen and oxygen atoms in total. The average Bonchev–Trinajstić information content (AvgIpc) is 2.34. The van der Waals surface area contributed by atoms with Crippen molar-refractivity contribution in [2.45, 2.75) is 51.8 Å². The molecule has 0 aliphatic carbocycles. The second-order valence-corrected chi connectivity index (χ2v) is 5.31. The number of benzene rings is 1. The van der Waals surface area contributed by atoms with Crippen LogP contribution in [0.2, 0.25) is 0 Å². The van der Waals surface area contributed by atoms with Gasteiger partial charge in [0.25, 0.3) is 0 Å². The fourth-order valence-electron chi connectivity index (χ4n) is 2.15. The molecule has 1 rings (SSSR count). The minimum absolute atomic E-state index is 0.197. The third-order valence-electron chi connectivity index (χ3n) is 3.44. The molecular formula is C15H21ClF2. The van der Waals surface area contributed by atoms with Crippen LogP contribution in [0.25, 0.3) is 0 Å². The van der Waals surface area contributed by atoms with Crippen molar-refractivity contribution < 1.29 is 8.78 Å². The Morgan fingerprint density at radius 1 is 1.17 bits per heavy atom. The first-order chi connectivity index (χ1) is 8.51. The molecule has 0 spiro atoms. The zero-order valence-corrected chi connectivity index (χ0v) is 12.0. The second kappa shape index (κ2) is 7.08. The minimum Gasteiger partial charge on any atom is -0.207 e. The Kier molecular flexibility index (Phi) is 6.07. The van der Waals surface area contributed by atoms with Gasteiger partial charge in [0.05, 0.1) is 5.38 Å². The number of alkyl halides is 1. The molecule has 0 aliphatic heterocycles. The first-order valence-corrected chi connectivity index (χ1v) is 7.04. The largest absolute Gasteiger partial charge is 0.207 e. The smallest absolute Gasteiger partial charge is 0.128 e. The Hall–Kier alpha value is -0.630. The van der Waals surface area contributed by atoms with Crippen molar-refractivity contribution in [1.29, 1.82) is 0 Å². The maximum Gasteiger partial charge on any atom is 0.128 e. The Morgan fingerprint density at radius 3 is 2.39 bits per heavy atom. The van der Waals surface area contributed by atoms with Crippen molar-refractivity contribution in [3.63, 3.8) is 0 Å². The second-order valence-electron chi connectivity index (χ2n) is 4.84. The van der Waals surface area contributed by atoms with Gasteiger partial charge in [0.15, 0.2) is 0 Å². The third-order valence-corrected chi connectivity index (χ3v) is 4.03. The Morgan fingerprint density at radius 2 is 1.83 bits per heavy atom. The molecule has 3 heteroatoms. The van der Waals surface area contributed by atoms with Gasteiger partial charge in [-0.3, -0.25) is 0 Å². The lowest BCUT2D eigenvalue weighted by atomic mass is 9.91. The van der Waals surface area contributed by atoms with Crippen LogP contribution < -0.4 is 0 Å². The van der Waals surface area contributed by atoms with E-state index >= 15 is 0 Å². The van der Waals surface area contributed by atoms with Gasteiger partial charge in [-0.25, -0.2) is 8.78 Å². The molecule has 0 bridgehead atoms. The van der Waals surface area contributed by atoms with E-state index in [1.165, 1.54) is 12.1 Å². The summed E-state index contributed by atoms with van der Waals surface area (Å²) >= 11 is 6.33. The maximum atomic E-state index is 13.8. The van der Waals surface area contributed by atoms with Crippen LogP contribution in [0.4, 0.5) is 8.78 Å². The Labute approximate surface area is 113 Å². The first-order valence-electron chi connectivity index (χ1n) is 6.60. The average molecular weight is 275 g/mol. The van der Waals surface area contributed by atoms with Crippen molar-refractivity contribution >= 4 is 11.6 Å². The van der Waals surface area contributed by atoms with Gasteiger partial charge in [-0.05, 0) is 37.0 Å². The lowest BCUT2D eigenvalue weighted by molar-refractivity contribution is 0.426. The maximum absolute atomic E-state index is 13.8. The van der Waals surface area contributed by atoms with Crippen molar-refractivity contribution in [3.05, 3.63) is 34.9 Å². The molecule has 0 aliphatic rings. The number of hydrogen-bond donors (Lipinski definition) is 0. The van der Waals surface area contributed by atoms with Crippen LogP contribution >= 0.6 is 11.6 Å². The molecule has 0 aromatic heterocycles. The van der Waals surface area contributed by atoms with E-state index in [1.54, 1.807) is 6.92 Å². The highest BCUT2D eigenvalue weighted by molar-refractivity contribution is 6.21. The fraction of sp³-hybridized carbons (Fsp3) is 0.600. The van der Waals surface area contributed by atoms with Gasteiger partial charge in [-0.2, -0.15) is 0 Å². The van der Waals surface area contributed by atoms with Crippen LogP contribution in [0.1, 0.15) is 56.0 Å². The number of rotatable bonds is 6. The molecule has 1 aromatic carbocycles. The minimum atomic E-state index is -0.448. The van der Waals surface area contributed by atoms with Gasteiger partial charge in [0.2, 0.25) is 0 Å². The van der Waals surface area contributed by atoms with Crippen molar-refractivity contribution in [2.24, 2.45) is 5.92 Å². The quantitative estimate of drug-likeness (QED) is 0.578. The Balaban J connectivity index is 2.94. The monoisotopic (exact) mass is 274 g/mol. The lowest BCUT2D eigenvalue weighted by Crippen LogP contribution is -2.10. The van der Waals surface area contributed by atoms with Crippen molar-refractivity contribution in [3.8, 4) is 0 Å². The van der Waals surface area contributed by atoms with Crippen LogP contribution in [-0.4, -0.2) is 0 Å². The summed E-state index contributed by atoms with van der Waals surface area (Å²) in [6.45, 7) is 5.71. The molecule has 0 saturated carbocycles. The predicted molar refractivity (Wildman–Crippen MR) is 73.0 cm³/mol. The summed E-state index contributed by atoms with van der Waals surface area (Å²) in [5.74, 6) is -0.588. The summed E-state index contributed by atoms with van der Waals surface area (Å²) < 4.78 is 27.4. The third kappa shape index (κ3) is 3.68. The van der Waals surface area contributed by atoms with E-state index in [-0.39, 0.29) is 11.7 Å². The van der Waals surface area contributed by atoms with E-state index < -0.39 is 11.2 Å². The summed E-state index contributed by atoms with van der Waals surface area (Å²) in [4.78, 5) is 0. The molecule has 0 fully saturated rings. The molecule has 0 radical (unpaired) electrons. The zero-order chi connectivity index (χ0) is 13.7. The van der Waals surface area contributed by atoms with Gasteiger partial charge in [0.1, 0.15) is 11.6 Å². The molecule has 102 valence electrons. The van der Waals surface area contributed by atoms with Crippen LogP contribution in [0.5, 0.6) is 0 Å². The topological polar surface area (TPSA) is 0 Å². The van der Waals surface area contributed by atoms with E-state index in [0.717, 1.165) is 25.7 Å². The molecule has 2 unspecified atom stereocenters. The van der Waals surface area contributed by atoms with Gasteiger partial charge >= 0.3 is 0 Å². The van der Waals surface area contributed by atoms with Crippen molar-refractivity contribution in [1.82, 2.24) is 0 Å². The first kappa shape index (κ1) is 15.4. The van der Waals surface area contributed by atoms with E-state index in [4.69, 9.17) is 11.6 Å². The molecule has 2 atom stereocenters. The number of hydrogen-bond acceptors (Lipinski definition) is 0. The molecule has 18 heavy (non-hydrogen) atoms. The fourth-order valence-corrected chi connectivity index (χ4v) is 2.62. The van der Waals surface area contributed by atoms with E-state index in [2.05, 4.69) is 6.92 Å². The highest BCUT2D eigenvalue weighted by atomic mass is 35.5. The summed E-state index contributed by atoms with van der Waals surface area (Å²) in [7, 11) is 0. The Bertz CT molecular complexity index is 390. The SMILES string of the molecule is CCCCC(CC)C(Cl)c1cc(F)c(C)cc1F. The van der Waals surface area contributed by atoms with Crippen LogP contribution in [0, 0.1) is 24.5 Å². The molecular weight excluding hydrogens is 254 g/mol. The van der Waals surface area contributed by atoms with Gasteiger partial charge < -0.3 is 0 Å². The molecule has 0 N–H and O–H groups in total. The van der Waals surface area contributed by atoms with Crippen molar-refractivity contribution in [2.75, 3.05) is 0 Å². The van der Waals surface area contributed by atoms with E-state index in [0.29, 0.717) is 11.1 Å². The highest BCUT2D eigenvalue weighted by Crippen LogP contribution is 2.36. The number of unbranched alkanes of at least 4 members (excludes halogenated alkanes) is 1. The molecule has 0 amide bonds.